The lowest BCUT2D eigenvalue weighted by Crippen LogP contribution is -2.41. The summed E-state index contributed by atoms with van der Waals surface area (Å²) in [5.74, 6) is 0.159. The van der Waals surface area contributed by atoms with E-state index in [1.54, 1.807) is 14.2 Å². The largest absolute Gasteiger partial charge is 0.462 e. The number of carbonyl (C=O) groups is 1. The fourth-order valence-electron chi connectivity index (χ4n) is 3.97. The summed E-state index contributed by atoms with van der Waals surface area (Å²) >= 11 is 0. The second kappa shape index (κ2) is 11.2. The molecule has 0 unspecified atom stereocenters. The average molecular weight is 371 g/mol. The fourth-order valence-corrected chi connectivity index (χ4v) is 3.97. The van der Waals surface area contributed by atoms with E-state index in [0.717, 1.165) is 32.1 Å². The minimum atomic E-state index is -0.192. The lowest BCUT2D eigenvalue weighted by atomic mass is 9.89. The molecule has 0 aromatic carbocycles. The van der Waals surface area contributed by atoms with Crippen LogP contribution in [-0.2, 0) is 28.5 Å². The first-order valence-corrected chi connectivity index (χ1v) is 9.87. The van der Waals surface area contributed by atoms with Gasteiger partial charge in [-0.15, -0.1) is 0 Å². The Morgan fingerprint density at radius 1 is 1.15 bits per heavy atom. The number of rotatable bonds is 6. The molecule has 1 radical (unpaired) electrons. The van der Waals surface area contributed by atoms with Gasteiger partial charge in [-0.3, -0.25) is 4.79 Å². The van der Waals surface area contributed by atoms with Crippen LogP contribution in [0.4, 0.5) is 0 Å². The molecule has 2 heterocycles. The van der Waals surface area contributed by atoms with Crippen LogP contribution in [-0.4, -0.2) is 57.5 Å². The first-order valence-electron chi connectivity index (χ1n) is 9.87. The standard InChI is InChI=1S/C20H35O6/c1-5-6-15-9-16(23-4)7-14(2)8-18-10-17(24-13-22-3)11-19(25-18)12-20(21)26-15/h8,14-19H,5-7,9-13H2,1-4H3/t14-,15-,16-,17+,18+,19+/m0/s1. The molecule has 151 valence electrons. The predicted molar refractivity (Wildman–Crippen MR) is 97.5 cm³/mol. The summed E-state index contributed by atoms with van der Waals surface area (Å²) in [7, 11) is 3.35. The van der Waals surface area contributed by atoms with Gasteiger partial charge in [0.05, 0.1) is 30.8 Å². The Hall–Kier alpha value is -0.690. The Kier molecular flexibility index (Phi) is 9.33. The maximum absolute atomic E-state index is 12.4. The number of ether oxygens (including phenoxy) is 5. The molecule has 0 spiro atoms. The molecular formula is C20H35O6. The molecule has 2 aliphatic heterocycles. The minimum Gasteiger partial charge on any atom is -0.462 e. The molecule has 0 amide bonds. The maximum Gasteiger partial charge on any atom is 0.308 e. The Labute approximate surface area is 157 Å². The average Bonchev–Trinajstić information content (AvgIpc) is 2.58. The fraction of sp³-hybridized carbons (Fsp3) is 0.900. The van der Waals surface area contributed by atoms with Gasteiger partial charge in [-0.1, -0.05) is 20.3 Å². The van der Waals surface area contributed by atoms with Crippen LogP contribution in [0.3, 0.4) is 0 Å². The molecule has 0 aliphatic carbocycles. The highest BCUT2D eigenvalue weighted by molar-refractivity contribution is 5.70. The number of esters is 1. The first-order chi connectivity index (χ1) is 12.5. The van der Waals surface area contributed by atoms with Gasteiger partial charge in [-0.05, 0) is 25.2 Å². The van der Waals surface area contributed by atoms with E-state index in [1.165, 1.54) is 0 Å². The van der Waals surface area contributed by atoms with E-state index in [0.29, 0.717) is 12.3 Å². The van der Waals surface area contributed by atoms with E-state index < -0.39 is 0 Å². The number of hydrogen-bond donors (Lipinski definition) is 0. The summed E-state index contributed by atoms with van der Waals surface area (Å²) in [5.41, 5.74) is 0. The quantitative estimate of drug-likeness (QED) is 0.527. The summed E-state index contributed by atoms with van der Waals surface area (Å²) in [6.07, 6.45) is 7.28. The molecule has 6 heteroatoms. The zero-order valence-corrected chi connectivity index (χ0v) is 16.6. The number of carbonyl (C=O) groups excluding carboxylic acids is 1. The van der Waals surface area contributed by atoms with Crippen molar-refractivity contribution in [2.75, 3.05) is 21.0 Å². The van der Waals surface area contributed by atoms with E-state index in [9.17, 15) is 4.79 Å². The van der Waals surface area contributed by atoms with Crippen LogP contribution in [0.25, 0.3) is 0 Å². The van der Waals surface area contributed by atoms with Gasteiger partial charge in [-0.25, -0.2) is 0 Å². The molecule has 2 rings (SSSR count). The van der Waals surface area contributed by atoms with Gasteiger partial charge in [-0.2, -0.15) is 0 Å². The van der Waals surface area contributed by atoms with Gasteiger partial charge >= 0.3 is 5.97 Å². The molecule has 0 saturated carbocycles. The number of fused-ring (bicyclic) bond motifs is 2. The third-order valence-corrected chi connectivity index (χ3v) is 5.15. The highest BCUT2D eigenvalue weighted by Crippen LogP contribution is 2.30. The van der Waals surface area contributed by atoms with Gasteiger partial charge in [0, 0.05) is 33.5 Å². The van der Waals surface area contributed by atoms with Crippen LogP contribution >= 0.6 is 0 Å². The summed E-state index contributed by atoms with van der Waals surface area (Å²) in [6.45, 7) is 4.56. The van der Waals surface area contributed by atoms with Crippen LogP contribution in [0.2, 0.25) is 0 Å². The zero-order chi connectivity index (χ0) is 18.9. The third-order valence-electron chi connectivity index (χ3n) is 5.15. The molecule has 2 bridgehead atoms. The molecule has 2 aliphatic rings. The number of hydrogen-bond acceptors (Lipinski definition) is 6. The number of cyclic esters (lactones) is 1. The summed E-state index contributed by atoms with van der Waals surface area (Å²) in [4.78, 5) is 12.4. The molecule has 6 atom stereocenters. The van der Waals surface area contributed by atoms with Crippen molar-refractivity contribution in [1.82, 2.24) is 0 Å². The molecule has 0 aromatic heterocycles. The van der Waals surface area contributed by atoms with Crippen molar-refractivity contribution in [2.45, 2.75) is 89.3 Å². The van der Waals surface area contributed by atoms with E-state index >= 15 is 0 Å². The van der Waals surface area contributed by atoms with E-state index in [1.807, 2.05) is 0 Å². The maximum atomic E-state index is 12.4. The molecule has 6 nitrogen and oxygen atoms in total. The molecular weight excluding hydrogens is 336 g/mol. The van der Waals surface area contributed by atoms with Crippen LogP contribution < -0.4 is 0 Å². The first kappa shape index (κ1) is 21.6. The van der Waals surface area contributed by atoms with Crippen molar-refractivity contribution in [1.29, 1.82) is 0 Å². The second-order valence-corrected chi connectivity index (χ2v) is 7.57. The van der Waals surface area contributed by atoms with Crippen molar-refractivity contribution in [3.63, 3.8) is 0 Å². The normalized spacial score (nSPS) is 36.7. The monoisotopic (exact) mass is 371 g/mol. The molecule has 2 fully saturated rings. The van der Waals surface area contributed by atoms with E-state index in [2.05, 4.69) is 20.3 Å². The zero-order valence-electron chi connectivity index (χ0n) is 16.6. The van der Waals surface area contributed by atoms with Gasteiger partial charge in [0.15, 0.2) is 0 Å². The Morgan fingerprint density at radius 3 is 2.65 bits per heavy atom. The third kappa shape index (κ3) is 7.14. The highest BCUT2D eigenvalue weighted by atomic mass is 16.7. The molecule has 0 aromatic rings. The van der Waals surface area contributed by atoms with Crippen molar-refractivity contribution < 1.29 is 28.5 Å². The summed E-state index contributed by atoms with van der Waals surface area (Å²) in [5, 5.41) is 0. The van der Waals surface area contributed by atoms with Gasteiger partial charge < -0.3 is 23.7 Å². The lowest BCUT2D eigenvalue weighted by molar-refractivity contribution is -0.166. The van der Waals surface area contributed by atoms with Crippen LogP contribution in [0.1, 0.15) is 58.8 Å². The van der Waals surface area contributed by atoms with Gasteiger partial charge in [0.25, 0.3) is 0 Å². The topological polar surface area (TPSA) is 63.2 Å². The van der Waals surface area contributed by atoms with E-state index in [-0.39, 0.29) is 49.7 Å². The van der Waals surface area contributed by atoms with Crippen molar-refractivity contribution >= 4 is 5.97 Å². The van der Waals surface area contributed by atoms with Crippen molar-refractivity contribution in [3.05, 3.63) is 6.42 Å². The van der Waals surface area contributed by atoms with E-state index in [4.69, 9.17) is 23.7 Å². The Bertz CT molecular complexity index is 415. The second-order valence-electron chi connectivity index (χ2n) is 7.57. The Morgan fingerprint density at radius 2 is 1.96 bits per heavy atom. The van der Waals surface area contributed by atoms with Crippen LogP contribution in [0.15, 0.2) is 0 Å². The minimum absolute atomic E-state index is 0.0261. The summed E-state index contributed by atoms with van der Waals surface area (Å²) in [6, 6.07) is 0. The molecule has 2 saturated heterocycles. The smallest absolute Gasteiger partial charge is 0.308 e. The van der Waals surface area contributed by atoms with Gasteiger partial charge in [0.1, 0.15) is 12.9 Å². The lowest BCUT2D eigenvalue weighted by Gasteiger charge is -2.37. The SMILES string of the molecule is CCC[C@H]1C[C@@H](OC)C[C@H](C)[CH][C@@H]2C[C@@H](OCOC)C[C@H](CC(=O)O1)O2. The molecule has 0 N–H and O–H groups in total. The predicted octanol–water partition coefficient (Wildman–Crippen LogP) is 3.27. The van der Waals surface area contributed by atoms with Crippen molar-refractivity contribution in [3.8, 4) is 0 Å². The van der Waals surface area contributed by atoms with Crippen molar-refractivity contribution in [2.24, 2.45) is 5.92 Å². The molecule has 26 heavy (non-hydrogen) atoms. The highest BCUT2D eigenvalue weighted by Gasteiger charge is 2.34. The summed E-state index contributed by atoms with van der Waals surface area (Å²) < 4.78 is 28.4. The van der Waals surface area contributed by atoms with Crippen LogP contribution in [0, 0.1) is 12.3 Å². The number of methoxy groups -OCH3 is 2. The van der Waals surface area contributed by atoms with Crippen LogP contribution in [0.5, 0.6) is 0 Å². The Balaban J connectivity index is 2.08. The van der Waals surface area contributed by atoms with Gasteiger partial charge in [0.2, 0.25) is 0 Å².